The number of nitrogens with one attached hydrogen (secondary N) is 1. The topological polar surface area (TPSA) is 38.8 Å². The summed E-state index contributed by atoms with van der Waals surface area (Å²) in [5, 5.41) is 5.74. The van der Waals surface area contributed by atoms with Crippen LogP contribution in [0.4, 0.5) is 5.69 Å². The monoisotopic (exact) mass is 516 g/mol. The van der Waals surface area contributed by atoms with E-state index in [0.29, 0.717) is 0 Å². The fraction of sp³-hybridized carbons (Fsp3) is 0.452. The molecule has 0 radical (unpaired) electrons. The molecule has 2 heterocycles. The number of anilines is 1. The van der Waals surface area contributed by atoms with E-state index in [1.165, 1.54) is 35.4 Å². The fourth-order valence-electron chi connectivity index (χ4n) is 5.41. The predicted molar refractivity (Wildman–Crippen MR) is 154 cm³/mol. The number of amides is 1. The Kier molecular flexibility index (Phi) is 8.59. The third kappa shape index (κ3) is 6.61. The van der Waals surface area contributed by atoms with Crippen molar-refractivity contribution in [2.45, 2.75) is 39.3 Å². The highest BCUT2D eigenvalue weighted by Crippen LogP contribution is 2.33. The van der Waals surface area contributed by atoms with E-state index in [4.69, 9.17) is 0 Å². The highest BCUT2D eigenvalue weighted by molar-refractivity contribution is 7.09. The van der Waals surface area contributed by atoms with Gasteiger partial charge in [-0.15, -0.1) is 11.3 Å². The number of carbonyl (C=O) groups excluding carboxylic acids is 1. The van der Waals surface area contributed by atoms with E-state index in [1.807, 2.05) is 30.9 Å². The maximum atomic E-state index is 12.9. The smallest absolute Gasteiger partial charge is 0.253 e. The Balaban J connectivity index is 1.37. The molecule has 1 N–H and O–H groups in total. The van der Waals surface area contributed by atoms with Crippen LogP contribution in [0.25, 0.3) is 0 Å². The van der Waals surface area contributed by atoms with Crippen LogP contribution in [0.3, 0.4) is 0 Å². The van der Waals surface area contributed by atoms with Crippen molar-refractivity contribution in [1.82, 2.24) is 14.7 Å². The zero-order chi connectivity index (χ0) is 25.6. The predicted octanol–water partition coefficient (Wildman–Crippen LogP) is 5.96. The average molecular weight is 517 g/mol. The van der Waals surface area contributed by atoms with Crippen LogP contribution < -0.4 is 5.32 Å². The Bertz CT molecular complexity index is 1130. The van der Waals surface area contributed by atoms with Crippen LogP contribution >= 0.6 is 11.3 Å². The number of rotatable bonds is 11. The molecular weight excluding hydrogens is 476 g/mol. The van der Waals surface area contributed by atoms with E-state index in [2.05, 4.69) is 69.0 Å². The minimum atomic E-state index is 0.113. The molecule has 1 aliphatic carbocycles. The molecule has 2 aromatic carbocycles. The maximum absolute atomic E-state index is 12.9. The SMILES string of the molecule is CCN(CC)C(=O)c1ccc(C(c2cccc(NCc3cccs3)c2)N2CCN(CC3CC3)CC2)cc1. The van der Waals surface area contributed by atoms with Gasteiger partial charge < -0.3 is 15.1 Å². The lowest BCUT2D eigenvalue weighted by Crippen LogP contribution is -2.48. The van der Waals surface area contributed by atoms with Crippen molar-refractivity contribution < 1.29 is 4.79 Å². The first-order valence-corrected chi connectivity index (χ1v) is 14.7. The minimum Gasteiger partial charge on any atom is -0.380 e. The van der Waals surface area contributed by atoms with Gasteiger partial charge in [0.15, 0.2) is 0 Å². The Hall–Kier alpha value is -2.67. The van der Waals surface area contributed by atoms with Crippen molar-refractivity contribution in [1.29, 1.82) is 0 Å². The van der Waals surface area contributed by atoms with E-state index < -0.39 is 0 Å². The number of benzene rings is 2. The van der Waals surface area contributed by atoms with Crippen LogP contribution in [-0.4, -0.2) is 66.4 Å². The molecule has 1 aromatic heterocycles. The summed E-state index contributed by atoms with van der Waals surface area (Å²) in [5.74, 6) is 1.05. The molecule has 37 heavy (non-hydrogen) atoms. The van der Waals surface area contributed by atoms with Crippen molar-refractivity contribution in [3.05, 3.63) is 87.6 Å². The van der Waals surface area contributed by atoms with Gasteiger partial charge in [0.25, 0.3) is 5.91 Å². The first kappa shape index (κ1) is 26.0. The number of thiophene rings is 1. The standard InChI is InChI=1S/C31H40N4OS/c1-3-34(4-2)31(36)26-14-12-25(13-15-26)30(35-18-16-33(17-19-35)23-24-10-11-24)27-7-5-8-28(21-27)32-22-29-9-6-20-37-29/h5-9,12-15,20-21,24,30,32H,3-4,10-11,16-19,22-23H2,1-2H3. The van der Waals surface area contributed by atoms with E-state index >= 15 is 0 Å². The summed E-state index contributed by atoms with van der Waals surface area (Å²) in [6.07, 6.45) is 2.82. The van der Waals surface area contributed by atoms with Crippen molar-refractivity contribution in [3.63, 3.8) is 0 Å². The summed E-state index contributed by atoms with van der Waals surface area (Å²) in [7, 11) is 0. The second kappa shape index (κ2) is 12.2. The molecule has 2 aliphatic rings. The molecule has 1 saturated carbocycles. The number of piperazine rings is 1. The van der Waals surface area contributed by atoms with E-state index in [1.54, 1.807) is 11.3 Å². The number of hydrogen-bond acceptors (Lipinski definition) is 5. The van der Waals surface area contributed by atoms with Crippen LogP contribution in [0.15, 0.2) is 66.0 Å². The van der Waals surface area contributed by atoms with Gasteiger partial charge in [0.1, 0.15) is 0 Å². The number of hydrogen-bond donors (Lipinski definition) is 1. The van der Waals surface area contributed by atoms with Crippen LogP contribution in [0.2, 0.25) is 0 Å². The van der Waals surface area contributed by atoms with E-state index in [0.717, 1.165) is 63.0 Å². The van der Waals surface area contributed by atoms with Gasteiger partial charge >= 0.3 is 0 Å². The second-order valence-corrected chi connectivity index (χ2v) is 11.4. The van der Waals surface area contributed by atoms with E-state index in [9.17, 15) is 4.79 Å². The molecular formula is C31H40N4OS. The van der Waals surface area contributed by atoms with Gasteiger partial charge in [-0.05, 0) is 79.4 Å². The summed E-state index contributed by atoms with van der Waals surface area (Å²) >= 11 is 1.78. The molecule has 1 atom stereocenters. The molecule has 0 bridgehead atoms. The third-order valence-electron chi connectivity index (χ3n) is 7.76. The summed E-state index contributed by atoms with van der Waals surface area (Å²) in [5.41, 5.74) is 4.47. The van der Waals surface area contributed by atoms with Crippen LogP contribution in [-0.2, 0) is 6.54 Å². The number of nitrogens with zero attached hydrogens (tertiary/aromatic N) is 3. The Labute approximate surface area is 226 Å². The Morgan fingerprint density at radius 3 is 2.38 bits per heavy atom. The first-order valence-electron chi connectivity index (χ1n) is 13.9. The molecule has 6 heteroatoms. The highest BCUT2D eigenvalue weighted by atomic mass is 32.1. The minimum absolute atomic E-state index is 0.113. The van der Waals surface area contributed by atoms with Crippen LogP contribution in [0.5, 0.6) is 0 Å². The van der Waals surface area contributed by atoms with Crippen molar-refractivity contribution in [2.75, 3.05) is 51.1 Å². The summed E-state index contributed by atoms with van der Waals surface area (Å²) in [4.78, 5) is 21.4. The van der Waals surface area contributed by atoms with Gasteiger partial charge in [0, 0.05) is 68.5 Å². The van der Waals surface area contributed by atoms with Crippen molar-refractivity contribution in [2.24, 2.45) is 5.92 Å². The highest BCUT2D eigenvalue weighted by Gasteiger charge is 2.30. The molecule has 196 valence electrons. The molecule has 2 fully saturated rings. The van der Waals surface area contributed by atoms with Crippen LogP contribution in [0.1, 0.15) is 59.1 Å². The fourth-order valence-corrected chi connectivity index (χ4v) is 6.05. The van der Waals surface area contributed by atoms with Gasteiger partial charge in [-0.1, -0.05) is 30.3 Å². The number of carbonyl (C=O) groups is 1. The lowest BCUT2D eigenvalue weighted by molar-refractivity contribution is 0.0773. The summed E-state index contributed by atoms with van der Waals surface area (Å²) < 4.78 is 0. The van der Waals surface area contributed by atoms with E-state index in [-0.39, 0.29) is 11.9 Å². The molecule has 5 rings (SSSR count). The Morgan fingerprint density at radius 2 is 1.73 bits per heavy atom. The van der Waals surface area contributed by atoms with Gasteiger partial charge in [0.05, 0.1) is 6.04 Å². The molecule has 3 aromatic rings. The normalized spacial score (nSPS) is 17.5. The third-order valence-corrected chi connectivity index (χ3v) is 8.63. The molecule has 1 amide bonds. The summed E-state index contributed by atoms with van der Waals surface area (Å²) in [6.45, 7) is 12.0. The van der Waals surface area contributed by atoms with Gasteiger partial charge in [-0.3, -0.25) is 9.69 Å². The largest absolute Gasteiger partial charge is 0.380 e. The zero-order valence-corrected chi connectivity index (χ0v) is 23.1. The molecule has 5 nitrogen and oxygen atoms in total. The first-order chi connectivity index (χ1) is 18.1. The molecule has 0 spiro atoms. The lowest BCUT2D eigenvalue weighted by Gasteiger charge is -2.40. The van der Waals surface area contributed by atoms with Crippen LogP contribution in [0, 0.1) is 5.92 Å². The van der Waals surface area contributed by atoms with Gasteiger partial charge in [-0.2, -0.15) is 0 Å². The Morgan fingerprint density at radius 1 is 0.973 bits per heavy atom. The van der Waals surface area contributed by atoms with Gasteiger partial charge in [-0.25, -0.2) is 0 Å². The molecule has 1 aliphatic heterocycles. The van der Waals surface area contributed by atoms with Crippen molar-refractivity contribution >= 4 is 22.9 Å². The maximum Gasteiger partial charge on any atom is 0.253 e. The lowest BCUT2D eigenvalue weighted by atomic mass is 9.94. The summed E-state index contributed by atoms with van der Waals surface area (Å²) in [6, 6.07) is 21.7. The second-order valence-electron chi connectivity index (χ2n) is 10.3. The van der Waals surface area contributed by atoms with Gasteiger partial charge in [0.2, 0.25) is 0 Å². The quantitative estimate of drug-likeness (QED) is 0.341. The zero-order valence-electron chi connectivity index (χ0n) is 22.2. The van der Waals surface area contributed by atoms with Crippen molar-refractivity contribution in [3.8, 4) is 0 Å². The molecule has 1 saturated heterocycles. The molecule has 1 unspecified atom stereocenters. The average Bonchev–Trinajstić information content (AvgIpc) is 3.59.